The third-order valence-corrected chi connectivity index (χ3v) is 4.57. The van der Waals surface area contributed by atoms with E-state index in [2.05, 4.69) is 43.3 Å². The number of piperazine rings is 1. The van der Waals surface area contributed by atoms with Gasteiger partial charge >= 0.3 is 0 Å². The molecule has 0 bridgehead atoms. The van der Waals surface area contributed by atoms with Gasteiger partial charge in [-0.15, -0.1) is 0 Å². The maximum absolute atomic E-state index is 5.77. The van der Waals surface area contributed by atoms with Gasteiger partial charge in [0, 0.05) is 19.6 Å². The fraction of sp³-hybridized carbons (Fsp3) is 0.500. The summed E-state index contributed by atoms with van der Waals surface area (Å²) in [4.78, 5) is 6.74. The van der Waals surface area contributed by atoms with E-state index in [1.54, 1.807) is 0 Å². The Morgan fingerprint density at radius 3 is 3.13 bits per heavy atom. The van der Waals surface area contributed by atoms with Gasteiger partial charge in [-0.25, -0.2) is 0 Å². The molecule has 1 N–H and O–H groups in total. The molecule has 0 radical (unpaired) electrons. The average Bonchev–Trinajstić information content (AvgIpc) is 2.98. The summed E-state index contributed by atoms with van der Waals surface area (Å²) in [5, 5.41) is 7.47. The zero-order chi connectivity index (χ0) is 16.2. The van der Waals surface area contributed by atoms with Gasteiger partial charge in [0.25, 0.3) is 0 Å². The number of likely N-dealkylation sites (N-methyl/N-ethyl adjacent to an activating group) is 1. The van der Waals surface area contributed by atoms with E-state index in [0.717, 1.165) is 35.7 Å². The Balaban J connectivity index is 1.55. The molecule has 1 aliphatic heterocycles. The SMILES string of the molecule is Cc1ccc(OCCc2nc(C3CNCCN3C)no2)c(Br)c1. The van der Waals surface area contributed by atoms with Crippen molar-refractivity contribution >= 4 is 15.9 Å². The summed E-state index contributed by atoms with van der Waals surface area (Å²) in [6.07, 6.45) is 0.594. The third-order valence-electron chi connectivity index (χ3n) is 3.95. The van der Waals surface area contributed by atoms with Gasteiger partial charge in [-0.05, 0) is 47.6 Å². The molecule has 2 heterocycles. The van der Waals surface area contributed by atoms with Crippen molar-refractivity contribution in [2.45, 2.75) is 19.4 Å². The van der Waals surface area contributed by atoms with Gasteiger partial charge in [-0.3, -0.25) is 4.90 Å². The monoisotopic (exact) mass is 380 g/mol. The van der Waals surface area contributed by atoms with Crippen LogP contribution in [0.2, 0.25) is 0 Å². The van der Waals surface area contributed by atoms with E-state index in [-0.39, 0.29) is 6.04 Å². The molecular formula is C16H21BrN4O2. The summed E-state index contributed by atoms with van der Waals surface area (Å²) in [5.41, 5.74) is 1.19. The highest BCUT2D eigenvalue weighted by Crippen LogP contribution is 2.26. The molecule has 1 aliphatic rings. The number of benzene rings is 1. The predicted octanol–water partition coefficient (Wildman–Crippen LogP) is 2.34. The van der Waals surface area contributed by atoms with Gasteiger partial charge in [-0.2, -0.15) is 4.98 Å². The fourth-order valence-corrected chi connectivity index (χ4v) is 3.18. The first-order valence-electron chi connectivity index (χ1n) is 7.76. The number of ether oxygens (including phenoxy) is 1. The van der Waals surface area contributed by atoms with Crippen molar-refractivity contribution in [3.63, 3.8) is 0 Å². The van der Waals surface area contributed by atoms with E-state index < -0.39 is 0 Å². The van der Waals surface area contributed by atoms with E-state index in [0.29, 0.717) is 18.9 Å². The van der Waals surface area contributed by atoms with Crippen LogP contribution in [0.4, 0.5) is 0 Å². The number of aryl methyl sites for hydroxylation is 1. The quantitative estimate of drug-likeness (QED) is 0.858. The smallest absolute Gasteiger partial charge is 0.230 e. The molecule has 0 amide bonds. The van der Waals surface area contributed by atoms with Crippen LogP contribution in [0.15, 0.2) is 27.2 Å². The predicted molar refractivity (Wildman–Crippen MR) is 90.6 cm³/mol. The Morgan fingerprint density at radius 2 is 2.35 bits per heavy atom. The van der Waals surface area contributed by atoms with Crippen LogP contribution in [0.1, 0.15) is 23.3 Å². The fourth-order valence-electron chi connectivity index (χ4n) is 2.57. The van der Waals surface area contributed by atoms with Crippen LogP contribution in [0, 0.1) is 6.92 Å². The first kappa shape index (κ1) is 16.4. The summed E-state index contributed by atoms with van der Waals surface area (Å²) in [7, 11) is 2.08. The standard InChI is InChI=1S/C16H21BrN4O2/c1-11-3-4-14(12(17)9-11)22-8-5-15-19-16(20-23-15)13-10-18-6-7-21(13)2/h3-4,9,13,18H,5-8,10H2,1-2H3. The normalized spacial score (nSPS) is 19.0. The zero-order valence-electron chi connectivity index (χ0n) is 13.4. The Labute approximate surface area is 144 Å². The Kier molecular flexibility index (Phi) is 5.30. The summed E-state index contributed by atoms with van der Waals surface area (Å²) in [6, 6.07) is 6.19. The van der Waals surface area contributed by atoms with Crippen molar-refractivity contribution in [1.82, 2.24) is 20.4 Å². The van der Waals surface area contributed by atoms with E-state index in [4.69, 9.17) is 9.26 Å². The maximum atomic E-state index is 5.77. The number of hydrogen-bond donors (Lipinski definition) is 1. The van der Waals surface area contributed by atoms with Crippen molar-refractivity contribution < 1.29 is 9.26 Å². The van der Waals surface area contributed by atoms with Crippen LogP contribution >= 0.6 is 15.9 Å². The van der Waals surface area contributed by atoms with Crippen LogP contribution in [0.3, 0.4) is 0 Å². The molecule has 2 aromatic rings. The first-order chi connectivity index (χ1) is 11.1. The number of aromatic nitrogens is 2. The summed E-state index contributed by atoms with van der Waals surface area (Å²) >= 11 is 3.51. The molecule has 0 aliphatic carbocycles. The van der Waals surface area contributed by atoms with Crippen molar-refractivity contribution in [3.8, 4) is 5.75 Å². The minimum atomic E-state index is 0.174. The van der Waals surface area contributed by atoms with Gasteiger partial charge in [0.15, 0.2) is 5.82 Å². The Bertz CT molecular complexity index is 661. The summed E-state index contributed by atoms with van der Waals surface area (Å²) in [5.74, 6) is 2.18. The zero-order valence-corrected chi connectivity index (χ0v) is 15.0. The highest BCUT2D eigenvalue weighted by Gasteiger charge is 2.25. The Morgan fingerprint density at radius 1 is 1.48 bits per heavy atom. The van der Waals surface area contributed by atoms with Crippen LogP contribution in [0.25, 0.3) is 0 Å². The molecule has 0 spiro atoms. The lowest BCUT2D eigenvalue weighted by atomic mass is 10.2. The molecule has 1 saturated heterocycles. The molecular weight excluding hydrogens is 360 g/mol. The number of rotatable bonds is 5. The van der Waals surface area contributed by atoms with Gasteiger partial charge in [-0.1, -0.05) is 11.2 Å². The lowest BCUT2D eigenvalue weighted by Gasteiger charge is -2.30. The minimum Gasteiger partial charge on any atom is -0.492 e. The largest absolute Gasteiger partial charge is 0.492 e. The van der Waals surface area contributed by atoms with Crippen LogP contribution in [0.5, 0.6) is 5.75 Å². The molecule has 1 fully saturated rings. The molecule has 1 aromatic heterocycles. The molecule has 6 nitrogen and oxygen atoms in total. The molecule has 23 heavy (non-hydrogen) atoms. The third kappa shape index (κ3) is 4.10. The van der Waals surface area contributed by atoms with Gasteiger partial charge in [0.1, 0.15) is 5.75 Å². The van der Waals surface area contributed by atoms with Crippen molar-refractivity contribution in [1.29, 1.82) is 0 Å². The lowest BCUT2D eigenvalue weighted by Crippen LogP contribution is -2.44. The first-order valence-corrected chi connectivity index (χ1v) is 8.55. The van der Waals surface area contributed by atoms with Gasteiger partial charge in [0.05, 0.1) is 23.5 Å². The highest BCUT2D eigenvalue weighted by molar-refractivity contribution is 9.10. The average molecular weight is 381 g/mol. The van der Waals surface area contributed by atoms with Crippen molar-refractivity contribution in [2.75, 3.05) is 33.3 Å². The van der Waals surface area contributed by atoms with Gasteiger partial charge in [0.2, 0.25) is 5.89 Å². The van der Waals surface area contributed by atoms with Crippen LogP contribution < -0.4 is 10.1 Å². The maximum Gasteiger partial charge on any atom is 0.230 e. The number of halogens is 1. The molecule has 7 heteroatoms. The topological polar surface area (TPSA) is 63.4 Å². The highest BCUT2D eigenvalue weighted by atomic mass is 79.9. The summed E-state index contributed by atoms with van der Waals surface area (Å²) < 4.78 is 12.1. The molecule has 124 valence electrons. The molecule has 3 rings (SSSR count). The Hall–Kier alpha value is -1.44. The van der Waals surface area contributed by atoms with Crippen LogP contribution in [-0.4, -0.2) is 48.3 Å². The van der Waals surface area contributed by atoms with Crippen molar-refractivity contribution in [2.24, 2.45) is 0 Å². The second-order valence-corrected chi connectivity index (χ2v) is 6.63. The van der Waals surface area contributed by atoms with E-state index in [1.807, 2.05) is 25.1 Å². The minimum absolute atomic E-state index is 0.174. The number of hydrogen-bond acceptors (Lipinski definition) is 6. The molecule has 1 unspecified atom stereocenters. The van der Waals surface area contributed by atoms with E-state index in [9.17, 15) is 0 Å². The second kappa shape index (κ2) is 7.42. The van der Waals surface area contributed by atoms with E-state index in [1.165, 1.54) is 5.56 Å². The van der Waals surface area contributed by atoms with Crippen LogP contribution in [-0.2, 0) is 6.42 Å². The number of nitrogens with one attached hydrogen (secondary N) is 1. The van der Waals surface area contributed by atoms with E-state index >= 15 is 0 Å². The lowest BCUT2D eigenvalue weighted by molar-refractivity contribution is 0.190. The second-order valence-electron chi connectivity index (χ2n) is 5.78. The van der Waals surface area contributed by atoms with Crippen molar-refractivity contribution in [3.05, 3.63) is 40.0 Å². The summed E-state index contributed by atoms with van der Waals surface area (Å²) in [6.45, 7) is 5.38. The molecule has 0 saturated carbocycles. The van der Waals surface area contributed by atoms with Gasteiger partial charge < -0.3 is 14.6 Å². The molecule has 1 aromatic carbocycles. The number of nitrogens with zero attached hydrogens (tertiary/aromatic N) is 3. The molecule has 1 atom stereocenters.